The number of benzene rings is 2. The Hall–Kier alpha value is -2.88. The summed E-state index contributed by atoms with van der Waals surface area (Å²) >= 11 is 0. The van der Waals surface area contributed by atoms with E-state index in [1.807, 2.05) is 49.4 Å². The Morgan fingerprint density at radius 1 is 0.957 bits per heavy atom. The molecule has 1 heterocycles. The molecular weight excluding hydrogens is 288 g/mol. The van der Waals surface area contributed by atoms with E-state index in [1.165, 1.54) is 0 Å². The molecule has 2 aromatic carbocycles. The van der Waals surface area contributed by atoms with E-state index in [2.05, 4.69) is 10.6 Å². The number of hydrogen-bond donors (Lipinski definition) is 2. The van der Waals surface area contributed by atoms with Gasteiger partial charge in [-0.25, -0.2) is 4.79 Å². The van der Waals surface area contributed by atoms with E-state index in [4.69, 9.17) is 0 Å². The van der Waals surface area contributed by atoms with E-state index < -0.39 is 6.04 Å². The molecule has 1 aliphatic rings. The lowest BCUT2D eigenvalue weighted by Gasteiger charge is -2.28. The van der Waals surface area contributed by atoms with Crippen molar-refractivity contribution >= 4 is 11.8 Å². The average Bonchev–Trinajstić information content (AvgIpc) is 2.55. The van der Waals surface area contributed by atoms with Crippen molar-refractivity contribution in [2.75, 3.05) is 0 Å². The molecule has 2 aromatic rings. The molecule has 0 saturated heterocycles. The topological polar surface area (TPSA) is 58.2 Å². The second-order valence-corrected chi connectivity index (χ2v) is 5.68. The number of Topliss-reactive ketones (excluding diaryl/α,β-unsaturated/α-hetero) is 1. The van der Waals surface area contributed by atoms with Crippen molar-refractivity contribution in [2.45, 2.75) is 19.9 Å². The van der Waals surface area contributed by atoms with E-state index in [9.17, 15) is 9.59 Å². The lowest BCUT2D eigenvalue weighted by molar-refractivity contribution is 0.102. The number of rotatable bonds is 3. The van der Waals surface area contributed by atoms with Crippen molar-refractivity contribution in [1.82, 2.24) is 10.6 Å². The first-order valence-corrected chi connectivity index (χ1v) is 7.51. The second kappa shape index (κ2) is 6.08. The van der Waals surface area contributed by atoms with Gasteiger partial charge in [0.25, 0.3) is 0 Å². The van der Waals surface area contributed by atoms with Gasteiger partial charge in [0.1, 0.15) is 0 Å². The van der Waals surface area contributed by atoms with Crippen LogP contribution in [0.5, 0.6) is 0 Å². The maximum atomic E-state index is 12.9. The molecule has 0 aromatic heterocycles. The smallest absolute Gasteiger partial charge is 0.319 e. The summed E-state index contributed by atoms with van der Waals surface area (Å²) in [5.41, 5.74) is 3.79. The summed E-state index contributed by atoms with van der Waals surface area (Å²) in [5.74, 6) is -0.0822. The molecule has 2 N–H and O–H groups in total. The zero-order chi connectivity index (χ0) is 16.4. The lowest BCUT2D eigenvalue weighted by Crippen LogP contribution is -2.45. The molecule has 1 atom stereocenters. The van der Waals surface area contributed by atoms with E-state index in [1.54, 1.807) is 19.1 Å². The number of amides is 2. The van der Waals surface area contributed by atoms with Crippen molar-refractivity contribution in [3.05, 3.63) is 82.6 Å². The Morgan fingerprint density at radius 3 is 2.26 bits per heavy atom. The molecule has 2 amide bonds. The minimum absolute atomic E-state index is 0.0822. The van der Waals surface area contributed by atoms with Crippen LogP contribution in [0.3, 0.4) is 0 Å². The molecule has 0 radical (unpaired) electrons. The Balaban J connectivity index is 2.06. The average molecular weight is 306 g/mol. The van der Waals surface area contributed by atoms with Crippen molar-refractivity contribution in [3.63, 3.8) is 0 Å². The Bertz CT molecular complexity index is 777. The molecule has 0 unspecified atom stereocenters. The van der Waals surface area contributed by atoms with Gasteiger partial charge in [0.2, 0.25) is 0 Å². The third kappa shape index (κ3) is 3.01. The standard InChI is InChI=1S/C19H18N2O2/c1-12-8-10-14(11-9-12)17-16(13(2)20-19(23)21-17)18(22)15-6-4-3-5-7-15/h3-11,17H,1-2H3,(H2,20,21,23)/t17-/m1/s1. The Labute approximate surface area is 135 Å². The molecule has 1 aliphatic heterocycles. The van der Waals surface area contributed by atoms with Crippen LogP contribution in [-0.4, -0.2) is 11.8 Å². The number of nitrogens with one attached hydrogen (secondary N) is 2. The molecule has 4 nitrogen and oxygen atoms in total. The van der Waals surface area contributed by atoms with Gasteiger partial charge in [-0.2, -0.15) is 0 Å². The maximum absolute atomic E-state index is 12.9. The molecule has 0 spiro atoms. The molecular formula is C19H18N2O2. The molecule has 0 fully saturated rings. The van der Waals surface area contributed by atoms with Gasteiger partial charge in [-0.05, 0) is 19.4 Å². The van der Waals surface area contributed by atoms with Crippen molar-refractivity contribution in [2.24, 2.45) is 0 Å². The normalized spacial score (nSPS) is 17.5. The summed E-state index contributed by atoms with van der Waals surface area (Å²) < 4.78 is 0. The maximum Gasteiger partial charge on any atom is 0.319 e. The second-order valence-electron chi connectivity index (χ2n) is 5.68. The molecule has 3 rings (SSSR count). The fourth-order valence-electron chi connectivity index (χ4n) is 2.75. The summed E-state index contributed by atoms with van der Waals surface area (Å²) in [7, 11) is 0. The highest BCUT2D eigenvalue weighted by atomic mass is 16.2. The van der Waals surface area contributed by atoms with Crippen LogP contribution in [0, 0.1) is 6.92 Å². The summed E-state index contributed by atoms with van der Waals surface area (Å²) in [5, 5.41) is 5.55. The van der Waals surface area contributed by atoms with Gasteiger partial charge < -0.3 is 10.6 Å². The van der Waals surface area contributed by atoms with Crippen LogP contribution in [0.4, 0.5) is 4.79 Å². The van der Waals surface area contributed by atoms with E-state index >= 15 is 0 Å². The molecule has 0 bridgehead atoms. The number of hydrogen-bond acceptors (Lipinski definition) is 2. The third-order valence-corrected chi connectivity index (χ3v) is 3.96. The number of allylic oxidation sites excluding steroid dienone is 1. The van der Waals surface area contributed by atoms with Crippen molar-refractivity contribution in [1.29, 1.82) is 0 Å². The van der Waals surface area contributed by atoms with Gasteiger partial charge in [-0.15, -0.1) is 0 Å². The zero-order valence-corrected chi connectivity index (χ0v) is 13.1. The summed E-state index contributed by atoms with van der Waals surface area (Å²) in [6.45, 7) is 3.76. The Kier molecular flexibility index (Phi) is 3.98. The molecule has 116 valence electrons. The van der Waals surface area contributed by atoms with Gasteiger partial charge in [0, 0.05) is 16.8 Å². The number of carbonyl (C=O) groups is 2. The SMILES string of the molecule is CC1=C(C(=O)c2ccccc2)[C@@H](c2ccc(C)cc2)NC(=O)N1. The van der Waals surface area contributed by atoms with Crippen LogP contribution < -0.4 is 10.6 Å². The minimum atomic E-state index is -0.447. The van der Waals surface area contributed by atoms with Crippen LogP contribution in [0.1, 0.15) is 34.5 Å². The molecule has 0 saturated carbocycles. The summed E-state index contributed by atoms with van der Waals surface area (Å²) in [4.78, 5) is 24.8. The van der Waals surface area contributed by atoms with E-state index in [0.717, 1.165) is 11.1 Å². The van der Waals surface area contributed by atoms with E-state index in [0.29, 0.717) is 16.8 Å². The fourth-order valence-corrected chi connectivity index (χ4v) is 2.75. The van der Waals surface area contributed by atoms with Crippen molar-refractivity contribution < 1.29 is 9.59 Å². The number of urea groups is 1. The predicted octanol–water partition coefficient (Wildman–Crippen LogP) is 3.51. The van der Waals surface area contributed by atoms with Gasteiger partial charge in [-0.3, -0.25) is 4.79 Å². The fraction of sp³-hybridized carbons (Fsp3) is 0.158. The number of ketones is 1. The first-order valence-electron chi connectivity index (χ1n) is 7.51. The van der Waals surface area contributed by atoms with Crippen molar-refractivity contribution in [3.8, 4) is 0 Å². The van der Waals surface area contributed by atoms with Crippen LogP contribution in [0.2, 0.25) is 0 Å². The summed E-state index contributed by atoms with van der Waals surface area (Å²) in [6.07, 6.45) is 0. The highest BCUT2D eigenvalue weighted by Crippen LogP contribution is 2.29. The monoisotopic (exact) mass is 306 g/mol. The zero-order valence-electron chi connectivity index (χ0n) is 13.1. The Morgan fingerprint density at radius 2 is 1.61 bits per heavy atom. The van der Waals surface area contributed by atoms with Gasteiger partial charge in [0.15, 0.2) is 5.78 Å². The largest absolute Gasteiger partial charge is 0.327 e. The molecule has 4 heteroatoms. The molecule has 23 heavy (non-hydrogen) atoms. The molecule has 0 aliphatic carbocycles. The van der Waals surface area contributed by atoms with Crippen LogP contribution >= 0.6 is 0 Å². The summed E-state index contributed by atoms with van der Waals surface area (Å²) in [6, 6.07) is 16.2. The van der Waals surface area contributed by atoms with Crippen LogP contribution in [-0.2, 0) is 0 Å². The lowest BCUT2D eigenvalue weighted by atomic mass is 9.89. The first-order chi connectivity index (χ1) is 11.1. The highest BCUT2D eigenvalue weighted by molar-refractivity contribution is 6.11. The highest BCUT2D eigenvalue weighted by Gasteiger charge is 2.31. The number of aryl methyl sites for hydroxylation is 1. The number of carbonyl (C=O) groups excluding carboxylic acids is 2. The van der Waals surface area contributed by atoms with Gasteiger partial charge in [0.05, 0.1) is 6.04 Å². The van der Waals surface area contributed by atoms with Crippen LogP contribution in [0.25, 0.3) is 0 Å². The van der Waals surface area contributed by atoms with E-state index in [-0.39, 0.29) is 11.8 Å². The quantitative estimate of drug-likeness (QED) is 0.853. The minimum Gasteiger partial charge on any atom is -0.327 e. The van der Waals surface area contributed by atoms with Gasteiger partial charge in [-0.1, -0.05) is 60.2 Å². The van der Waals surface area contributed by atoms with Gasteiger partial charge >= 0.3 is 6.03 Å². The predicted molar refractivity (Wildman–Crippen MR) is 89.1 cm³/mol. The first kappa shape index (κ1) is 15.0. The van der Waals surface area contributed by atoms with Crippen LogP contribution in [0.15, 0.2) is 65.9 Å². The third-order valence-electron chi connectivity index (χ3n) is 3.96.